The van der Waals surface area contributed by atoms with E-state index in [0.717, 1.165) is 96.6 Å². The van der Waals surface area contributed by atoms with Crippen molar-refractivity contribution in [1.29, 1.82) is 0 Å². The molecular formula is C50H37NO4. The van der Waals surface area contributed by atoms with Gasteiger partial charge in [-0.05, 0) is 117 Å². The largest absolute Gasteiger partial charge is 0.422 e. The highest BCUT2D eigenvalue weighted by Gasteiger charge is 2.18. The Bertz CT molecular complexity index is 3080. The van der Waals surface area contributed by atoms with Crippen LogP contribution in [-0.2, 0) is 12.8 Å². The third-order valence-corrected chi connectivity index (χ3v) is 11.1. The van der Waals surface area contributed by atoms with Crippen LogP contribution in [0.25, 0.3) is 93.2 Å². The Morgan fingerprint density at radius 3 is 1.42 bits per heavy atom. The van der Waals surface area contributed by atoms with Crippen LogP contribution in [0.5, 0.6) is 0 Å². The van der Waals surface area contributed by atoms with Crippen molar-refractivity contribution in [2.75, 3.05) is 0 Å². The minimum atomic E-state index is -0.385. The molecule has 0 bridgehead atoms. The van der Waals surface area contributed by atoms with Crippen molar-refractivity contribution in [1.82, 2.24) is 4.57 Å². The van der Waals surface area contributed by atoms with Gasteiger partial charge in [0.05, 0.1) is 22.2 Å². The van der Waals surface area contributed by atoms with Crippen LogP contribution < -0.4 is 11.3 Å². The summed E-state index contributed by atoms with van der Waals surface area (Å²) in [5.74, 6) is 0. The molecule has 10 aromatic rings. The van der Waals surface area contributed by atoms with Crippen molar-refractivity contribution in [3.8, 4) is 27.9 Å². The van der Waals surface area contributed by atoms with Gasteiger partial charge >= 0.3 is 11.3 Å². The first-order chi connectivity index (χ1) is 27.0. The Balaban J connectivity index is 1.18. The molecule has 3 aromatic heterocycles. The van der Waals surface area contributed by atoms with Crippen molar-refractivity contribution >= 4 is 65.3 Å². The maximum Gasteiger partial charge on any atom is 0.344 e. The molecule has 10 rings (SSSR count). The highest BCUT2D eigenvalue weighted by atomic mass is 16.4. The second kappa shape index (κ2) is 13.0. The van der Waals surface area contributed by atoms with E-state index in [9.17, 15) is 9.59 Å². The van der Waals surface area contributed by atoms with E-state index in [2.05, 4.69) is 91.2 Å². The molecule has 0 amide bonds. The number of rotatable bonds is 7. The first-order valence-electron chi connectivity index (χ1n) is 19.1. The average Bonchev–Trinajstić information content (AvgIpc) is 3.53. The summed E-state index contributed by atoms with van der Waals surface area (Å²) in [4.78, 5) is 27.3. The third-order valence-electron chi connectivity index (χ3n) is 11.1. The molecule has 3 heterocycles. The Labute approximate surface area is 316 Å². The lowest BCUT2D eigenvalue weighted by Gasteiger charge is -2.09. The van der Waals surface area contributed by atoms with Crippen LogP contribution in [0.3, 0.4) is 0 Å². The van der Waals surface area contributed by atoms with E-state index in [1.807, 2.05) is 66.7 Å². The van der Waals surface area contributed by atoms with Crippen LogP contribution in [0.2, 0.25) is 0 Å². The van der Waals surface area contributed by atoms with Gasteiger partial charge in [-0.15, -0.1) is 0 Å². The van der Waals surface area contributed by atoms with Crippen LogP contribution >= 0.6 is 0 Å². The number of aryl methyl sites for hydroxylation is 2. The summed E-state index contributed by atoms with van der Waals surface area (Å²) >= 11 is 0. The number of fused-ring (bicyclic) bond motifs is 9. The predicted molar refractivity (Wildman–Crippen MR) is 227 cm³/mol. The molecule has 0 N–H and O–H groups in total. The van der Waals surface area contributed by atoms with E-state index in [-0.39, 0.29) is 11.3 Å². The maximum absolute atomic E-state index is 13.6. The van der Waals surface area contributed by atoms with Gasteiger partial charge in [-0.3, -0.25) is 0 Å². The summed E-state index contributed by atoms with van der Waals surface area (Å²) < 4.78 is 14.2. The fourth-order valence-electron chi connectivity index (χ4n) is 8.46. The van der Waals surface area contributed by atoms with Gasteiger partial charge in [0, 0.05) is 27.2 Å². The topological polar surface area (TPSA) is 65.3 Å². The van der Waals surface area contributed by atoms with E-state index in [0.29, 0.717) is 22.3 Å². The zero-order chi connectivity index (χ0) is 37.2. The molecule has 0 saturated heterocycles. The Morgan fingerprint density at radius 2 is 0.945 bits per heavy atom. The van der Waals surface area contributed by atoms with Gasteiger partial charge in [-0.25, -0.2) is 9.59 Å². The van der Waals surface area contributed by atoms with Crippen molar-refractivity contribution in [3.05, 3.63) is 171 Å². The zero-order valence-corrected chi connectivity index (χ0v) is 30.7. The average molecular weight is 716 g/mol. The Hall–Kier alpha value is -6.72. The molecule has 0 radical (unpaired) electrons. The van der Waals surface area contributed by atoms with Gasteiger partial charge in [0.2, 0.25) is 0 Å². The SMILES string of the molecule is CCCc1ccc2c(ccc3oc(=O)c(-c4ccc5c(c4)c4cc(-c6cc7c(ccc8cc(CCC)ccc87)oc6=O)ccc4n5-c4ccccc4)cc32)c1. The van der Waals surface area contributed by atoms with Crippen molar-refractivity contribution in [3.63, 3.8) is 0 Å². The summed E-state index contributed by atoms with van der Waals surface area (Å²) in [6.45, 7) is 4.37. The fraction of sp³-hybridized carbons (Fsp3) is 0.120. The molecule has 0 unspecified atom stereocenters. The van der Waals surface area contributed by atoms with Crippen molar-refractivity contribution < 1.29 is 8.83 Å². The number of hydrogen-bond donors (Lipinski definition) is 0. The van der Waals surface area contributed by atoms with E-state index in [1.165, 1.54) is 11.1 Å². The van der Waals surface area contributed by atoms with E-state index >= 15 is 0 Å². The minimum absolute atomic E-state index is 0.385. The lowest BCUT2D eigenvalue weighted by molar-refractivity contribution is 0.563. The molecule has 5 nitrogen and oxygen atoms in total. The lowest BCUT2D eigenvalue weighted by Crippen LogP contribution is -2.03. The van der Waals surface area contributed by atoms with Gasteiger partial charge < -0.3 is 13.4 Å². The third kappa shape index (κ3) is 5.46. The maximum atomic E-state index is 13.6. The molecule has 0 aliphatic heterocycles. The van der Waals surface area contributed by atoms with Crippen LogP contribution in [0, 0.1) is 0 Å². The number of hydrogen-bond acceptors (Lipinski definition) is 4. The fourth-order valence-corrected chi connectivity index (χ4v) is 8.46. The van der Waals surface area contributed by atoms with Gasteiger partial charge in [0.1, 0.15) is 11.2 Å². The predicted octanol–water partition coefficient (Wildman–Crippen LogP) is 12.5. The second-order valence-corrected chi connectivity index (χ2v) is 14.6. The van der Waals surface area contributed by atoms with Crippen LogP contribution in [0.15, 0.2) is 158 Å². The Kier molecular flexibility index (Phi) is 7.77. The molecule has 0 fully saturated rings. The summed E-state index contributed by atoms with van der Waals surface area (Å²) in [6.07, 6.45) is 4.19. The molecule has 0 aliphatic carbocycles. The molecule has 0 atom stereocenters. The normalized spacial score (nSPS) is 11.9. The number of para-hydroxylation sites is 1. The standard InChI is InChI=1S/C50H37NO4/c1-3-8-30-12-18-37-32(24-30)16-22-47-43(37)28-39(49(52)54-47)34-14-20-45-41(26-34)42-27-35(15-21-46(42)51(45)36-10-6-5-7-11-36)40-29-44-38-19-13-31(9-4-2)25-33(38)17-23-48(44)55-50(40)53/h5-7,10-29H,3-4,8-9H2,1-2H3. The van der Waals surface area contributed by atoms with E-state index in [1.54, 1.807) is 0 Å². The molecule has 7 aromatic carbocycles. The molecular weight excluding hydrogens is 679 g/mol. The van der Waals surface area contributed by atoms with E-state index < -0.39 is 0 Å². The number of benzene rings is 7. The second-order valence-electron chi connectivity index (χ2n) is 14.6. The summed E-state index contributed by atoms with van der Waals surface area (Å²) in [5, 5.41) is 8.08. The van der Waals surface area contributed by atoms with Gasteiger partial charge in [0.25, 0.3) is 0 Å². The number of aromatic nitrogens is 1. The van der Waals surface area contributed by atoms with Gasteiger partial charge in [0.15, 0.2) is 0 Å². The zero-order valence-electron chi connectivity index (χ0n) is 30.7. The molecule has 266 valence electrons. The molecule has 0 spiro atoms. The van der Waals surface area contributed by atoms with Gasteiger partial charge in [-0.2, -0.15) is 0 Å². The van der Waals surface area contributed by atoms with Crippen LogP contribution in [-0.4, -0.2) is 4.57 Å². The monoisotopic (exact) mass is 715 g/mol. The van der Waals surface area contributed by atoms with Crippen LogP contribution in [0.1, 0.15) is 37.8 Å². The van der Waals surface area contributed by atoms with Crippen molar-refractivity contribution in [2.45, 2.75) is 39.5 Å². The first kappa shape index (κ1) is 32.9. The smallest absolute Gasteiger partial charge is 0.344 e. The highest BCUT2D eigenvalue weighted by Crippen LogP contribution is 2.38. The molecule has 0 aliphatic rings. The summed E-state index contributed by atoms with van der Waals surface area (Å²) in [5.41, 5.74) is 8.47. The first-order valence-corrected chi connectivity index (χ1v) is 19.1. The summed E-state index contributed by atoms with van der Waals surface area (Å²) in [7, 11) is 0. The quantitative estimate of drug-likeness (QED) is 0.122. The van der Waals surface area contributed by atoms with Crippen molar-refractivity contribution in [2.24, 2.45) is 0 Å². The minimum Gasteiger partial charge on any atom is -0.422 e. The van der Waals surface area contributed by atoms with E-state index in [4.69, 9.17) is 8.83 Å². The summed E-state index contributed by atoms with van der Waals surface area (Å²) in [6, 6.07) is 47.4. The molecule has 55 heavy (non-hydrogen) atoms. The molecule has 0 saturated carbocycles. The Morgan fingerprint density at radius 1 is 0.455 bits per heavy atom. The lowest BCUT2D eigenvalue weighted by atomic mass is 9.97. The van der Waals surface area contributed by atoms with Gasteiger partial charge in [-0.1, -0.05) is 106 Å². The number of nitrogens with zero attached hydrogens (tertiary/aromatic N) is 1. The molecule has 5 heteroatoms. The highest BCUT2D eigenvalue weighted by molar-refractivity contribution is 6.13. The van der Waals surface area contributed by atoms with Crippen LogP contribution in [0.4, 0.5) is 0 Å².